The van der Waals surface area contributed by atoms with Gasteiger partial charge in [-0.25, -0.2) is 9.97 Å². The molecule has 1 N–H and O–H groups in total. The maximum absolute atomic E-state index is 12.2. The fraction of sp³-hybridized carbons (Fsp3) is 0.143. The standard InChI is InChI=1S/C7H3F3N4O2/c8-7(9,10)6-12-4-1-3(14(15)16)2-11-5(4)13-6/h1-2H,(H,11,12,13). The van der Waals surface area contributed by atoms with Crippen LogP contribution in [0.1, 0.15) is 5.82 Å². The zero-order valence-corrected chi connectivity index (χ0v) is 7.45. The van der Waals surface area contributed by atoms with Gasteiger partial charge < -0.3 is 4.98 Å². The number of hydrogen-bond donors (Lipinski definition) is 1. The molecule has 0 aliphatic heterocycles. The number of rotatable bonds is 1. The number of halogens is 3. The van der Waals surface area contributed by atoms with Crippen LogP contribution in [0, 0.1) is 10.1 Å². The van der Waals surface area contributed by atoms with E-state index in [4.69, 9.17) is 0 Å². The molecule has 84 valence electrons. The molecule has 0 saturated carbocycles. The minimum absolute atomic E-state index is 0.124. The van der Waals surface area contributed by atoms with Crippen molar-refractivity contribution < 1.29 is 18.1 Å². The van der Waals surface area contributed by atoms with Gasteiger partial charge in [0.15, 0.2) is 5.65 Å². The van der Waals surface area contributed by atoms with E-state index in [2.05, 4.69) is 9.97 Å². The molecular formula is C7H3F3N4O2. The quantitative estimate of drug-likeness (QED) is 0.600. The molecule has 2 aromatic rings. The van der Waals surface area contributed by atoms with Crippen molar-refractivity contribution in [1.82, 2.24) is 15.0 Å². The summed E-state index contributed by atoms with van der Waals surface area (Å²) in [5.41, 5.74) is -0.732. The van der Waals surface area contributed by atoms with Crippen LogP contribution in [0.25, 0.3) is 11.2 Å². The summed E-state index contributed by atoms with van der Waals surface area (Å²) in [6, 6.07) is 0.949. The molecular weight excluding hydrogens is 229 g/mol. The SMILES string of the molecule is O=[N+]([O-])c1cnc2nc(C(F)(F)F)[nH]c2c1. The summed E-state index contributed by atoms with van der Waals surface area (Å²) >= 11 is 0. The van der Waals surface area contributed by atoms with Crippen molar-refractivity contribution in [3.8, 4) is 0 Å². The molecule has 0 bridgehead atoms. The van der Waals surface area contributed by atoms with E-state index in [0.29, 0.717) is 0 Å². The zero-order chi connectivity index (χ0) is 11.9. The number of aromatic nitrogens is 3. The second kappa shape index (κ2) is 3.15. The number of H-pyrrole nitrogens is 1. The normalized spacial score (nSPS) is 11.9. The average molecular weight is 232 g/mol. The molecule has 9 heteroatoms. The Morgan fingerprint density at radius 1 is 1.44 bits per heavy atom. The first-order valence-corrected chi connectivity index (χ1v) is 3.95. The van der Waals surface area contributed by atoms with Gasteiger partial charge in [-0.3, -0.25) is 10.1 Å². The van der Waals surface area contributed by atoms with Crippen molar-refractivity contribution in [2.75, 3.05) is 0 Å². The molecule has 0 spiro atoms. The summed E-state index contributed by atoms with van der Waals surface area (Å²) in [4.78, 5) is 18.2. The third-order valence-electron chi connectivity index (χ3n) is 1.80. The van der Waals surface area contributed by atoms with Gasteiger partial charge in [-0.2, -0.15) is 13.2 Å². The van der Waals surface area contributed by atoms with Crippen molar-refractivity contribution in [1.29, 1.82) is 0 Å². The summed E-state index contributed by atoms with van der Waals surface area (Å²) < 4.78 is 36.7. The molecule has 2 rings (SSSR count). The fourth-order valence-corrected chi connectivity index (χ4v) is 1.12. The zero-order valence-electron chi connectivity index (χ0n) is 7.45. The van der Waals surface area contributed by atoms with Gasteiger partial charge in [-0.1, -0.05) is 0 Å². The highest BCUT2D eigenvalue weighted by Gasteiger charge is 2.35. The van der Waals surface area contributed by atoms with Crippen molar-refractivity contribution in [3.63, 3.8) is 0 Å². The number of pyridine rings is 1. The van der Waals surface area contributed by atoms with Crippen LogP contribution in [0.5, 0.6) is 0 Å². The van der Waals surface area contributed by atoms with Gasteiger partial charge in [0.1, 0.15) is 6.20 Å². The first kappa shape index (κ1) is 10.3. The Morgan fingerprint density at radius 3 is 2.69 bits per heavy atom. The molecule has 0 unspecified atom stereocenters. The van der Waals surface area contributed by atoms with E-state index in [-0.39, 0.29) is 11.2 Å². The van der Waals surface area contributed by atoms with Gasteiger partial charge in [0.25, 0.3) is 5.69 Å². The summed E-state index contributed by atoms with van der Waals surface area (Å²) in [5, 5.41) is 10.4. The van der Waals surface area contributed by atoms with E-state index in [9.17, 15) is 23.3 Å². The molecule has 2 aromatic heterocycles. The second-order valence-corrected chi connectivity index (χ2v) is 2.90. The summed E-state index contributed by atoms with van der Waals surface area (Å²) in [7, 11) is 0. The van der Waals surface area contributed by atoms with Crippen LogP contribution in [-0.2, 0) is 6.18 Å². The second-order valence-electron chi connectivity index (χ2n) is 2.90. The highest BCUT2D eigenvalue weighted by atomic mass is 19.4. The maximum Gasteiger partial charge on any atom is 0.449 e. The summed E-state index contributed by atoms with van der Waals surface area (Å²) in [6.07, 6.45) is -3.78. The average Bonchev–Trinajstić information content (AvgIpc) is 2.58. The minimum Gasteiger partial charge on any atom is -0.333 e. The van der Waals surface area contributed by atoms with Crippen LogP contribution in [0.4, 0.5) is 18.9 Å². The molecule has 0 aliphatic carbocycles. The Labute approximate surface area is 85.3 Å². The number of imidazole rings is 1. The van der Waals surface area contributed by atoms with E-state index >= 15 is 0 Å². The van der Waals surface area contributed by atoms with Crippen molar-refractivity contribution in [2.24, 2.45) is 0 Å². The van der Waals surface area contributed by atoms with Gasteiger partial charge in [0, 0.05) is 6.07 Å². The fourth-order valence-electron chi connectivity index (χ4n) is 1.12. The maximum atomic E-state index is 12.2. The number of hydrogen-bond acceptors (Lipinski definition) is 4. The molecule has 0 fully saturated rings. The Morgan fingerprint density at radius 2 is 2.12 bits per heavy atom. The van der Waals surface area contributed by atoms with Gasteiger partial charge in [0.2, 0.25) is 5.82 Å². The lowest BCUT2D eigenvalue weighted by molar-refractivity contribution is -0.385. The van der Waals surface area contributed by atoms with E-state index in [1.807, 2.05) is 4.98 Å². The highest BCUT2D eigenvalue weighted by Crippen LogP contribution is 2.28. The monoisotopic (exact) mass is 232 g/mol. The first-order valence-electron chi connectivity index (χ1n) is 3.95. The topological polar surface area (TPSA) is 84.7 Å². The van der Waals surface area contributed by atoms with Crippen LogP contribution in [0.3, 0.4) is 0 Å². The summed E-state index contributed by atoms with van der Waals surface area (Å²) in [6.45, 7) is 0. The van der Waals surface area contributed by atoms with Crippen molar-refractivity contribution >= 4 is 16.9 Å². The Hall–Kier alpha value is -2.19. The van der Waals surface area contributed by atoms with Gasteiger partial charge >= 0.3 is 6.18 Å². The van der Waals surface area contributed by atoms with E-state index in [1.54, 1.807) is 0 Å². The van der Waals surface area contributed by atoms with Gasteiger partial charge in [-0.05, 0) is 0 Å². The lowest BCUT2D eigenvalue weighted by atomic mass is 10.4. The van der Waals surface area contributed by atoms with Crippen LogP contribution in [-0.4, -0.2) is 19.9 Å². The highest BCUT2D eigenvalue weighted by molar-refractivity contribution is 5.73. The van der Waals surface area contributed by atoms with Crippen molar-refractivity contribution in [2.45, 2.75) is 6.18 Å². The predicted octanol–water partition coefficient (Wildman–Crippen LogP) is 1.88. The van der Waals surface area contributed by atoms with Crippen LogP contribution < -0.4 is 0 Å². The minimum atomic E-state index is -4.63. The Balaban J connectivity index is 2.59. The molecule has 2 heterocycles. The number of nitro groups is 1. The van der Waals surface area contributed by atoms with Gasteiger partial charge in [0.05, 0.1) is 10.4 Å². The molecule has 6 nitrogen and oxygen atoms in total. The summed E-state index contributed by atoms with van der Waals surface area (Å²) in [5.74, 6) is -1.23. The first-order chi connectivity index (χ1) is 7.38. The van der Waals surface area contributed by atoms with Crippen LogP contribution in [0.2, 0.25) is 0 Å². The smallest absolute Gasteiger partial charge is 0.333 e. The lowest BCUT2D eigenvalue weighted by Crippen LogP contribution is -2.06. The Bertz CT molecular complexity index is 562. The van der Waals surface area contributed by atoms with E-state index in [0.717, 1.165) is 12.3 Å². The number of aromatic amines is 1. The molecule has 0 amide bonds. The number of nitrogens with one attached hydrogen (secondary N) is 1. The molecule has 16 heavy (non-hydrogen) atoms. The molecule has 0 aliphatic rings. The van der Waals surface area contributed by atoms with Gasteiger partial charge in [-0.15, -0.1) is 0 Å². The number of nitrogens with zero attached hydrogens (tertiary/aromatic N) is 3. The molecule has 0 aromatic carbocycles. The van der Waals surface area contributed by atoms with E-state index < -0.39 is 22.6 Å². The third kappa shape index (κ3) is 1.66. The Kier molecular flexibility index (Phi) is 2.04. The molecule has 0 saturated heterocycles. The molecule has 0 radical (unpaired) electrons. The van der Waals surface area contributed by atoms with Crippen LogP contribution >= 0.6 is 0 Å². The lowest BCUT2D eigenvalue weighted by Gasteiger charge is -1.98. The van der Waals surface area contributed by atoms with Crippen LogP contribution in [0.15, 0.2) is 12.3 Å². The largest absolute Gasteiger partial charge is 0.449 e. The van der Waals surface area contributed by atoms with E-state index in [1.165, 1.54) is 0 Å². The van der Waals surface area contributed by atoms with Crippen molar-refractivity contribution in [3.05, 3.63) is 28.2 Å². The third-order valence-corrected chi connectivity index (χ3v) is 1.80. The molecule has 0 atom stereocenters. The predicted molar refractivity (Wildman–Crippen MR) is 45.5 cm³/mol. The number of alkyl halides is 3. The number of fused-ring (bicyclic) bond motifs is 1.